The predicted molar refractivity (Wildman–Crippen MR) is 67.3 cm³/mol. The van der Waals surface area contributed by atoms with E-state index < -0.39 is 29.3 Å². The van der Waals surface area contributed by atoms with Crippen LogP contribution in [-0.4, -0.2) is 22.8 Å². The molecule has 108 valence electrons. The summed E-state index contributed by atoms with van der Waals surface area (Å²) in [5, 5.41) is 8.81. The van der Waals surface area contributed by atoms with Gasteiger partial charge in [-0.25, -0.2) is 14.0 Å². The Morgan fingerprint density at radius 2 is 1.95 bits per heavy atom. The van der Waals surface area contributed by atoms with Crippen molar-refractivity contribution in [3.8, 4) is 5.75 Å². The van der Waals surface area contributed by atoms with Gasteiger partial charge in [0, 0.05) is 0 Å². The molecule has 1 aromatic rings. The van der Waals surface area contributed by atoms with Crippen LogP contribution < -0.4 is 4.74 Å². The molecule has 0 saturated heterocycles. The SMILES string of the molecule is CC1(OC(=O)Oc2cc(C(=O)O)ccc2F)CCCC1. The maximum atomic E-state index is 13.5. The fraction of sp³-hybridized carbons (Fsp3) is 0.429. The molecular weight excluding hydrogens is 267 g/mol. The Morgan fingerprint density at radius 3 is 2.55 bits per heavy atom. The van der Waals surface area contributed by atoms with E-state index >= 15 is 0 Å². The number of halogens is 1. The van der Waals surface area contributed by atoms with Crippen LogP contribution in [0.3, 0.4) is 0 Å². The molecule has 1 fully saturated rings. The van der Waals surface area contributed by atoms with Crippen LogP contribution in [0.5, 0.6) is 5.75 Å². The molecule has 0 bridgehead atoms. The summed E-state index contributed by atoms with van der Waals surface area (Å²) in [6.45, 7) is 1.80. The maximum absolute atomic E-state index is 13.5. The van der Waals surface area contributed by atoms with E-state index in [-0.39, 0.29) is 5.56 Å². The lowest BCUT2D eigenvalue weighted by atomic mass is 10.1. The van der Waals surface area contributed by atoms with E-state index in [2.05, 4.69) is 0 Å². The molecule has 0 radical (unpaired) electrons. The van der Waals surface area contributed by atoms with Crippen molar-refractivity contribution in [2.45, 2.75) is 38.2 Å². The van der Waals surface area contributed by atoms with Crippen molar-refractivity contribution in [3.05, 3.63) is 29.6 Å². The standard InChI is InChI=1S/C14H15FO5/c1-14(6-2-3-7-14)20-13(18)19-11-8-9(12(16)17)4-5-10(11)15/h4-5,8H,2-3,6-7H2,1H3,(H,16,17). The molecule has 0 unspecified atom stereocenters. The third-order valence-corrected chi connectivity index (χ3v) is 3.36. The Kier molecular flexibility index (Phi) is 3.92. The second-order valence-electron chi connectivity index (χ2n) is 5.06. The van der Waals surface area contributed by atoms with E-state index in [1.54, 1.807) is 6.92 Å². The minimum absolute atomic E-state index is 0.165. The van der Waals surface area contributed by atoms with E-state index in [0.717, 1.165) is 43.9 Å². The Hall–Kier alpha value is -2.11. The first-order valence-electron chi connectivity index (χ1n) is 6.33. The molecule has 1 N–H and O–H groups in total. The van der Waals surface area contributed by atoms with Crippen LogP contribution in [0.4, 0.5) is 9.18 Å². The van der Waals surface area contributed by atoms with Crippen molar-refractivity contribution < 1.29 is 28.6 Å². The summed E-state index contributed by atoms with van der Waals surface area (Å²) < 4.78 is 23.4. The summed E-state index contributed by atoms with van der Waals surface area (Å²) in [6.07, 6.45) is 2.38. The van der Waals surface area contributed by atoms with Gasteiger partial charge in [-0.2, -0.15) is 0 Å². The maximum Gasteiger partial charge on any atom is 0.514 e. The number of hydrogen-bond acceptors (Lipinski definition) is 4. The molecule has 1 saturated carbocycles. The second kappa shape index (κ2) is 5.48. The average molecular weight is 282 g/mol. The van der Waals surface area contributed by atoms with Gasteiger partial charge in [-0.15, -0.1) is 0 Å². The summed E-state index contributed by atoms with van der Waals surface area (Å²) in [6, 6.07) is 2.98. The van der Waals surface area contributed by atoms with Crippen molar-refractivity contribution >= 4 is 12.1 Å². The molecule has 0 atom stereocenters. The highest BCUT2D eigenvalue weighted by Crippen LogP contribution is 2.33. The molecule has 5 nitrogen and oxygen atoms in total. The zero-order chi connectivity index (χ0) is 14.8. The number of ether oxygens (including phenoxy) is 2. The van der Waals surface area contributed by atoms with Crippen molar-refractivity contribution in [2.24, 2.45) is 0 Å². The van der Waals surface area contributed by atoms with Crippen LogP contribution in [0.25, 0.3) is 0 Å². The zero-order valence-electron chi connectivity index (χ0n) is 11.0. The summed E-state index contributed by atoms with van der Waals surface area (Å²) in [5.41, 5.74) is -0.751. The lowest BCUT2D eigenvalue weighted by molar-refractivity contribution is 0.00132. The van der Waals surface area contributed by atoms with E-state index in [1.165, 1.54) is 0 Å². The number of aromatic carboxylic acids is 1. The first-order chi connectivity index (χ1) is 9.39. The number of benzene rings is 1. The normalized spacial score (nSPS) is 16.7. The van der Waals surface area contributed by atoms with Crippen molar-refractivity contribution in [1.29, 1.82) is 0 Å². The highest BCUT2D eigenvalue weighted by molar-refractivity contribution is 5.88. The molecular formula is C14H15FO5. The number of rotatable bonds is 3. The molecule has 0 heterocycles. The smallest absolute Gasteiger partial charge is 0.478 e. The molecule has 0 aliphatic heterocycles. The molecule has 2 rings (SSSR count). The van der Waals surface area contributed by atoms with Gasteiger partial charge in [0.1, 0.15) is 5.60 Å². The largest absolute Gasteiger partial charge is 0.514 e. The first kappa shape index (κ1) is 14.3. The Morgan fingerprint density at radius 1 is 1.30 bits per heavy atom. The molecule has 0 spiro atoms. The number of carbonyl (C=O) groups excluding carboxylic acids is 1. The van der Waals surface area contributed by atoms with Crippen molar-refractivity contribution in [2.75, 3.05) is 0 Å². The molecule has 1 aliphatic carbocycles. The summed E-state index contributed by atoms with van der Waals surface area (Å²) in [7, 11) is 0. The van der Waals surface area contributed by atoms with Gasteiger partial charge < -0.3 is 14.6 Å². The third-order valence-electron chi connectivity index (χ3n) is 3.36. The minimum Gasteiger partial charge on any atom is -0.478 e. The minimum atomic E-state index is -1.23. The number of carbonyl (C=O) groups is 2. The van der Waals surface area contributed by atoms with Gasteiger partial charge in [-0.1, -0.05) is 0 Å². The van der Waals surface area contributed by atoms with E-state index in [9.17, 15) is 14.0 Å². The molecule has 1 aromatic carbocycles. The average Bonchev–Trinajstić information content (AvgIpc) is 2.78. The van der Waals surface area contributed by atoms with Gasteiger partial charge >= 0.3 is 12.1 Å². The Bertz CT molecular complexity index is 534. The Balaban J connectivity index is 2.07. The topological polar surface area (TPSA) is 72.8 Å². The summed E-state index contributed by atoms with van der Waals surface area (Å²) >= 11 is 0. The van der Waals surface area contributed by atoms with Crippen LogP contribution in [0.2, 0.25) is 0 Å². The van der Waals surface area contributed by atoms with Gasteiger partial charge in [0.25, 0.3) is 0 Å². The molecule has 6 heteroatoms. The van der Waals surface area contributed by atoms with Gasteiger partial charge in [-0.3, -0.25) is 0 Å². The van der Waals surface area contributed by atoms with Crippen molar-refractivity contribution in [1.82, 2.24) is 0 Å². The fourth-order valence-corrected chi connectivity index (χ4v) is 2.25. The first-order valence-corrected chi connectivity index (χ1v) is 6.33. The van der Waals surface area contributed by atoms with E-state index in [1.807, 2.05) is 0 Å². The van der Waals surface area contributed by atoms with E-state index in [0.29, 0.717) is 0 Å². The number of hydrogen-bond donors (Lipinski definition) is 1. The zero-order valence-corrected chi connectivity index (χ0v) is 11.0. The molecule has 1 aliphatic rings. The molecule has 0 amide bonds. The summed E-state index contributed by atoms with van der Waals surface area (Å²) in [4.78, 5) is 22.4. The lowest BCUT2D eigenvalue weighted by Gasteiger charge is -2.23. The van der Waals surface area contributed by atoms with Crippen molar-refractivity contribution in [3.63, 3.8) is 0 Å². The van der Waals surface area contributed by atoms with Crippen LogP contribution in [0.1, 0.15) is 43.0 Å². The van der Waals surface area contributed by atoms with Gasteiger partial charge in [-0.05, 0) is 50.8 Å². The highest BCUT2D eigenvalue weighted by atomic mass is 19.1. The molecule has 0 aromatic heterocycles. The van der Waals surface area contributed by atoms with Crippen LogP contribution in [-0.2, 0) is 4.74 Å². The van der Waals surface area contributed by atoms with E-state index in [4.69, 9.17) is 14.6 Å². The summed E-state index contributed by atoms with van der Waals surface area (Å²) in [5.74, 6) is -2.49. The third kappa shape index (κ3) is 3.26. The fourth-order valence-electron chi connectivity index (χ4n) is 2.25. The number of carboxylic acid groups (broad SMARTS) is 1. The highest BCUT2D eigenvalue weighted by Gasteiger charge is 2.33. The van der Waals surface area contributed by atoms with Gasteiger partial charge in [0.15, 0.2) is 11.6 Å². The van der Waals surface area contributed by atoms with Crippen LogP contribution in [0, 0.1) is 5.82 Å². The predicted octanol–water partition coefficient (Wildman–Crippen LogP) is 3.37. The van der Waals surface area contributed by atoms with Crippen LogP contribution in [0.15, 0.2) is 18.2 Å². The molecule has 20 heavy (non-hydrogen) atoms. The van der Waals surface area contributed by atoms with Gasteiger partial charge in [0.05, 0.1) is 5.56 Å². The second-order valence-corrected chi connectivity index (χ2v) is 5.06. The van der Waals surface area contributed by atoms with Gasteiger partial charge in [0.2, 0.25) is 0 Å². The van der Waals surface area contributed by atoms with Crippen LogP contribution >= 0.6 is 0 Å². The Labute approximate surface area is 115 Å². The lowest BCUT2D eigenvalue weighted by Crippen LogP contribution is -2.29. The monoisotopic (exact) mass is 282 g/mol. The quantitative estimate of drug-likeness (QED) is 0.679. The number of carboxylic acids is 1.